The summed E-state index contributed by atoms with van der Waals surface area (Å²) in [6.45, 7) is 8.93. The fourth-order valence-corrected chi connectivity index (χ4v) is 9.42. The lowest BCUT2D eigenvalue weighted by Crippen LogP contribution is -2.65. The number of carbonyl (C=O) groups excluding carboxylic acids is 1. The van der Waals surface area contributed by atoms with Gasteiger partial charge in [-0.3, -0.25) is 4.68 Å². The molecule has 4 fully saturated rings. The molecule has 3 saturated carbocycles. The minimum absolute atomic E-state index is 0.0602. The molecule has 8 rings (SSSR count). The van der Waals surface area contributed by atoms with Crippen LogP contribution in [0.2, 0.25) is 6.32 Å². The number of urea groups is 1. The van der Waals surface area contributed by atoms with Crippen LogP contribution in [0, 0.1) is 17.3 Å². The molecule has 9 nitrogen and oxygen atoms in total. The van der Waals surface area contributed by atoms with Gasteiger partial charge >= 0.3 is 13.1 Å². The van der Waals surface area contributed by atoms with E-state index in [4.69, 9.17) is 9.31 Å². The largest absolute Gasteiger partial charge is 0.457 e. The van der Waals surface area contributed by atoms with Crippen molar-refractivity contribution in [2.24, 2.45) is 17.3 Å². The average Bonchev–Trinajstić information content (AvgIpc) is 3.71. The Labute approximate surface area is 243 Å². The summed E-state index contributed by atoms with van der Waals surface area (Å²) in [5.74, 6) is 1.23. The lowest BCUT2D eigenvalue weighted by molar-refractivity contribution is -0.199. The number of aryl methyl sites for hydroxylation is 2. The van der Waals surface area contributed by atoms with E-state index in [1.54, 1.807) is 10.9 Å². The normalized spacial score (nSPS) is 29.9. The maximum absolute atomic E-state index is 13.1. The number of hydrogen-bond donors (Lipinski definition) is 2. The maximum Gasteiger partial charge on any atom is 0.457 e. The van der Waals surface area contributed by atoms with Gasteiger partial charge < -0.3 is 14.6 Å². The smallest absolute Gasteiger partial charge is 0.405 e. The van der Waals surface area contributed by atoms with Crippen molar-refractivity contribution in [1.29, 1.82) is 0 Å². The zero-order chi connectivity index (χ0) is 28.7. The van der Waals surface area contributed by atoms with Crippen LogP contribution in [0.4, 0.5) is 10.5 Å². The molecular formula is C30H41BN4O5S. The lowest BCUT2D eigenvalue weighted by atomic mass is 9.43. The van der Waals surface area contributed by atoms with Gasteiger partial charge in [-0.15, -0.1) is 0 Å². The topological polar surface area (TPSA) is 112 Å². The van der Waals surface area contributed by atoms with Gasteiger partial charge in [-0.2, -0.15) is 13.5 Å². The first-order valence-corrected chi connectivity index (χ1v) is 16.8. The fourth-order valence-electron chi connectivity index (χ4n) is 8.57. The third kappa shape index (κ3) is 4.45. The van der Waals surface area contributed by atoms with Crippen LogP contribution in [-0.2, 0) is 45.0 Å². The first-order valence-electron chi connectivity index (χ1n) is 15.3. The highest BCUT2D eigenvalue weighted by Crippen LogP contribution is 2.65. The zero-order valence-electron chi connectivity index (χ0n) is 24.5. The number of benzene rings is 1. The van der Waals surface area contributed by atoms with Crippen LogP contribution in [0.3, 0.4) is 0 Å². The van der Waals surface area contributed by atoms with E-state index >= 15 is 0 Å². The van der Waals surface area contributed by atoms with Crippen molar-refractivity contribution in [3.63, 3.8) is 0 Å². The molecule has 2 bridgehead atoms. The van der Waals surface area contributed by atoms with E-state index in [0.29, 0.717) is 23.6 Å². The van der Waals surface area contributed by atoms with Gasteiger partial charge in [0, 0.05) is 17.9 Å². The van der Waals surface area contributed by atoms with E-state index in [1.807, 2.05) is 6.92 Å². The Morgan fingerprint density at radius 2 is 1.85 bits per heavy atom. The number of nitrogens with one attached hydrogen (secondary N) is 2. The van der Waals surface area contributed by atoms with Gasteiger partial charge in [-0.25, -0.2) is 9.52 Å². The quantitative estimate of drug-likeness (QED) is 0.444. The van der Waals surface area contributed by atoms with E-state index in [-0.39, 0.29) is 29.9 Å². The molecule has 1 aromatic carbocycles. The Hall–Kier alpha value is -2.37. The Morgan fingerprint density at radius 1 is 1.15 bits per heavy atom. The molecule has 1 aliphatic heterocycles. The SMILES string of the molecule is CC(CCB1O[C@@H]2C[C@@H]3C[C@@H](C3(C)C)[C@]2(C)O1)n1ccc(S(=O)(=O)NC(=O)Nc2c3c(cc4c2CCC4)CCC3)n1. The first-order chi connectivity index (χ1) is 19.5. The van der Waals surface area contributed by atoms with E-state index in [0.717, 1.165) is 68.2 Å². The summed E-state index contributed by atoms with van der Waals surface area (Å²) in [4.78, 5) is 12.9. The number of amides is 2. The summed E-state index contributed by atoms with van der Waals surface area (Å²) in [7, 11) is -4.39. The van der Waals surface area contributed by atoms with Crippen molar-refractivity contribution >= 4 is 28.9 Å². The van der Waals surface area contributed by atoms with Gasteiger partial charge in [0.05, 0.1) is 11.7 Å². The molecule has 11 heteroatoms. The van der Waals surface area contributed by atoms with Crippen LogP contribution in [0.5, 0.6) is 0 Å². The van der Waals surface area contributed by atoms with E-state index in [2.05, 4.69) is 42.0 Å². The summed E-state index contributed by atoms with van der Waals surface area (Å²) in [6, 6.07) is 2.92. The highest BCUT2D eigenvalue weighted by Gasteiger charge is 2.67. The standard InChI is InChI=1S/C30H41BN4O5S/c1-18(11-13-31-39-25-17-21-16-24(29(21,2)3)30(25,4)40-31)35-14-12-26(33-35)41(37,38)34-28(36)32-27-22-9-5-7-19(22)15-20-8-6-10-23(20)27/h12,14-15,18,21,24-25H,5-11,13,16-17H2,1-4H3,(H2,32,34,36)/t18?,21-,24-,25+,30-/m0/s1. The monoisotopic (exact) mass is 580 g/mol. The predicted molar refractivity (Wildman–Crippen MR) is 156 cm³/mol. The number of rotatable bonds is 7. The summed E-state index contributed by atoms with van der Waals surface area (Å²) >= 11 is 0. The van der Waals surface area contributed by atoms with E-state index < -0.39 is 16.1 Å². The number of sulfonamides is 1. The summed E-state index contributed by atoms with van der Waals surface area (Å²) < 4.78 is 42.9. The second kappa shape index (κ2) is 9.57. The maximum atomic E-state index is 13.1. The zero-order valence-corrected chi connectivity index (χ0v) is 25.4. The molecule has 1 saturated heterocycles. The molecule has 220 valence electrons. The molecule has 1 aromatic heterocycles. The van der Waals surface area contributed by atoms with Gasteiger partial charge in [0.2, 0.25) is 0 Å². The number of aromatic nitrogens is 2. The molecule has 5 atom stereocenters. The fraction of sp³-hybridized carbons (Fsp3) is 0.667. The number of anilines is 1. The Bertz CT molecular complexity index is 1470. The second-order valence-electron chi connectivity index (χ2n) is 13.8. The molecule has 1 unspecified atom stereocenters. The summed E-state index contributed by atoms with van der Waals surface area (Å²) in [6.07, 6.45) is 11.5. The van der Waals surface area contributed by atoms with Crippen LogP contribution >= 0.6 is 0 Å². The molecule has 2 N–H and O–H groups in total. The number of nitrogens with zero attached hydrogens (tertiary/aromatic N) is 2. The van der Waals surface area contributed by atoms with Gasteiger partial charge in [-0.1, -0.05) is 19.9 Å². The molecule has 41 heavy (non-hydrogen) atoms. The lowest BCUT2D eigenvalue weighted by Gasteiger charge is -2.64. The van der Waals surface area contributed by atoms with Crippen molar-refractivity contribution in [2.75, 3.05) is 5.32 Å². The minimum Gasteiger partial charge on any atom is -0.405 e. The van der Waals surface area contributed by atoms with Crippen LogP contribution in [-0.4, -0.2) is 43.1 Å². The molecule has 5 aliphatic carbocycles. The number of fused-ring (bicyclic) bond motifs is 2. The van der Waals surface area contributed by atoms with Crippen molar-refractivity contribution in [3.05, 3.63) is 40.6 Å². The highest BCUT2D eigenvalue weighted by atomic mass is 32.2. The highest BCUT2D eigenvalue weighted by molar-refractivity contribution is 7.90. The van der Waals surface area contributed by atoms with Gasteiger partial charge in [0.25, 0.3) is 10.0 Å². The van der Waals surface area contributed by atoms with Gasteiger partial charge in [0.1, 0.15) is 0 Å². The third-order valence-corrected chi connectivity index (χ3v) is 12.3. The molecule has 2 aromatic rings. The summed E-state index contributed by atoms with van der Waals surface area (Å²) in [5.41, 5.74) is 5.74. The Kier molecular flexibility index (Phi) is 6.41. The predicted octanol–water partition coefficient (Wildman–Crippen LogP) is 5.05. The number of hydrogen-bond acceptors (Lipinski definition) is 6. The third-order valence-electron chi connectivity index (χ3n) is 11.1. The van der Waals surface area contributed by atoms with Crippen molar-refractivity contribution < 1.29 is 22.5 Å². The molecule has 2 heterocycles. The van der Waals surface area contributed by atoms with Crippen LogP contribution in [0.1, 0.15) is 88.1 Å². The van der Waals surface area contributed by atoms with Gasteiger partial charge in [-0.05, 0) is 124 Å². The summed E-state index contributed by atoms with van der Waals surface area (Å²) in [5, 5.41) is 7.05. The average molecular weight is 581 g/mol. The van der Waals surface area contributed by atoms with Crippen molar-refractivity contribution in [3.8, 4) is 0 Å². The number of carbonyl (C=O) groups is 1. The van der Waals surface area contributed by atoms with E-state index in [1.165, 1.54) is 23.6 Å². The van der Waals surface area contributed by atoms with Crippen molar-refractivity contribution in [2.45, 2.75) is 115 Å². The van der Waals surface area contributed by atoms with Crippen LogP contribution < -0.4 is 10.0 Å². The Balaban J connectivity index is 0.970. The molecule has 2 amide bonds. The molecular weight excluding hydrogens is 539 g/mol. The van der Waals surface area contributed by atoms with Crippen molar-refractivity contribution in [1.82, 2.24) is 14.5 Å². The second-order valence-corrected chi connectivity index (χ2v) is 15.4. The first kappa shape index (κ1) is 27.5. The minimum atomic E-state index is -4.13. The molecule has 0 radical (unpaired) electrons. The van der Waals surface area contributed by atoms with Crippen LogP contribution in [0.15, 0.2) is 23.4 Å². The molecule has 0 spiro atoms. The van der Waals surface area contributed by atoms with Gasteiger partial charge in [0.15, 0.2) is 5.03 Å². The Morgan fingerprint density at radius 3 is 2.54 bits per heavy atom. The van der Waals surface area contributed by atoms with E-state index in [9.17, 15) is 13.2 Å². The molecule has 6 aliphatic rings. The van der Waals surface area contributed by atoms with Crippen LogP contribution in [0.25, 0.3) is 0 Å².